The molecule has 1 aromatic carbocycles. The SMILES string of the molecule is CC(C)Oc1cccc(CC(=O)NCC(C)C(=O)O)c1. The first-order valence-electron chi connectivity index (χ1n) is 6.63. The summed E-state index contributed by atoms with van der Waals surface area (Å²) in [5, 5.41) is 11.3. The van der Waals surface area contributed by atoms with Crippen molar-refractivity contribution >= 4 is 11.9 Å². The first-order chi connectivity index (χ1) is 9.38. The molecule has 1 atom stereocenters. The molecule has 110 valence electrons. The largest absolute Gasteiger partial charge is 0.491 e. The van der Waals surface area contributed by atoms with Crippen LogP contribution in [-0.4, -0.2) is 29.6 Å². The highest BCUT2D eigenvalue weighted by molar-refractivity contribution is 5.79. The van der Waals surface area contributed by atoms with Gasteiger partial charge in [0.05, 0.1) is 18.4 Å². The fourth-order valence-corrected chi connectivity index (χ4v) is 1.60. The highest BCUT2D eigenvalue weighted by Crippen LogP contribution is 2.15. The average Bonchev–Trinajstić information content (AvgIpc) is 2.35. The van der Waals surface area contributed by atoms with Crippen LogP contribution in [0.4, 0.5) is 0 Å². The van der Waals surface area contributed by atoms with Crippen molar-refractivity contribution in [3.05, 3.63) is 29.8 Å². The predicted octanol–water partition coefficient (Wildman–Crippen LogP) is 1.85. The number of nitrogens with one attached hydrogen (secondary N) is 1. The Hall–Kier alpha value is -2.04. The number of carbonyl (C=O) groups excluding carboxylic acids is 1. The molecule has 0 spiro atoms. The van der Waals surface area contributed by atoms with Gasteiger partial charge in [-0.2, -0.15) is 0 Å². The lowest BCUT2D eigenvalue weighted by Gasteiger charge is -2.11. The van der Waals surface area contributed by atoms with Gasteiger partial charge in [0, 0.05) is 6.54 Å². The van der Waals surface area contributed by atoms with Crippen LogP contribution in [0, 0.1) is 5.92 Å². The van der Waals surface area contributed by atoms with E-state index < -0.39 is 11.9 Å². The Morgan fingerprint density at radius 2 is 2.00 bits per heavy atom. The normalized spacial score (nSPS) is 12.0. The molecule has 1 aromatic rings. The molecular formula is C15H21NO4. The Kier molecular flexibility index (Phi) is 6.03. The maximum Gasteiger partial charge on any atom is 0.308 e. The van der Waals surface area contributed by atoms with Crippen molar-refractivity contribution in [2.45, 2.75) is 33.3 Å². The molecule has 1 amide bonds. The lowest BCUT2D eigenvalue weighted by atomic mass is 10.1. The second kappa shape index (κ2) is 7.53. The van der Waals surface area contributed by atoms with Crippen molar-refractivity contribution in [2.24, 2.45) is 5.92 Å². The Labute approximate surface area is 118 Å². The number of ether oxygens (including phenoxy) is 1. The summed E-state index contributed by atoms with van der Waals surface area (Å²) in [6, 6.07) is 7.34. The quantitative estimate of drug-likeness (QED) is 0.798. The van der Waals surface area contributed by atoms with Crippen LogP contribution >= 0.6 is 0 Å². The second-order valence-electron chi connectivity index (χ2n) is 5.03. The Bertz CT molecular complexity index is 471. The van der Waals surface area contributed by atoms with Gasteiger partial charge in [-0.3, -0.25) is 9.59 Å². The van der Waals surface area contributed by atoms with E-state index in [4.69, 9.17) is 9.84 Å². The van der Waals surface area contributed by atoms with Gasteiger partial charge < -0.3 is 15.2 Å². The maximum absolute atomic E-state index is 11.7. The molecule has 20 heavy (non-hydrogen) atoms. The van der Waals surface area contributed by atoms with Crippen LogP contribution in [0.15, 0.2) is 24.3 Å². The molecular weight excluding hydrogens is 258 g/mol. The number of rotatable bonds is 7. The molecule has 0 aliphatic rings. The molecule has 0 aromatic heterocycles. The van der Waals surface area contributed by atoms with E-state index >= 15 is 0 Å². The van der Waals surface area contributed by atoms with Crippen molar-refractivity contribution in [3.8, 4) is 5.75 Å². The number of amides is 1. The van der Waals surface area contributed by atoms with Crippen LogP contribution in [0.5, 0.6) is 5.75 Å². The molecule has 1 rings (SSSR count). The lowest BCUT2D eigenvalue weighted by Crippen LogP contribution is -2.32. The average molecular weight is 279 g/mol. The molecule has 0 aliphatic heterocycles. The highest BCUT2D eigenvalue weighted by Gasteiger charge is 2.12. The minimum absolute atomic E-state index is 0.0792. The molecule has 5 nitrogen and oxygen atoms in total. The number of carboxylic acid groups (broad SMARTS) is 1. The van der Waals surface area contributed by atoms with Crippen LogP contribution in [0.3, 0.4) is 0 Å². The van der Waals surface area contributed by atoms with Gasteiger partial charge in [-0.15, -0.1) is 0 Å². The van der Waals surface area contributed by atoms with Crippen LogP contribution < -0.4 is 10.1 Å². The Morgan fingerprint density at radius 3 is 2.60 bits per heavy atom. The number of hydrogen-bond donors (Lipinski definition) is 2. The molecule has 0 radical (unpaired) electrons. The summed E-state index contributed by atoms with van der Waals surface area (Å²) in [4.78, 5) is 22.4. The van der Waals surface area contributed by atoms with Gasteiger partial charge in [0.1, 0.15) is 5.75 Å². The highest BCUT2D eigenvalue weighted by atomic mass is 16.5. The lowest BCUT2D eigenvalue weighted by molar-refractivity contribution is -0.141. The van der Waals surface area contributed by atoms with Gasteiger partial charge in [0.15, 0.2) is 0 Å². The maximum atomic E-state index is 11.7. The zero-order chi connectivity index (χ0) is 15.1. The van der Waals surface area contributed by atoms with E-state index in [1.54, 1.807) is 6.92 Å². The molecule has 1 unspecified atom stereocenters. The Morgan fingerprint density at radius 1 is 1.30 bits per heavy atom. The zero-order valence-corrected chi connectivity index (χ0v) is 12.1. The molecule has 0 saturated carbocycles. The van der Waals surface area contributed by atoms with Crippen molar-refractivity contribution in [1.29, 1.82) is 0 Å². The second-order valence-corrected chi connectivity index (χ2v) is 5.03. The smallest absolute Gasteiger partial charge is 0.308 e. The first-order valence-corrected chi connectivity index (χ1v) is 6.63. The molecule has 5 heteroatoms. The predicted molar refractivity (Wildman–Crippen MR) is 75.7 cm³/mol. The third-order valence-corrected chi connectivity index (χ3v) is 2.66. The van der Waals surface area contributed by atoms with Crippen molar-refractivity contribution in [1.82, 2.24) is 5.32 Å². The van der Waals surface area contributed by atoms with Crippen molar-refractivity contribution in [2.75, 3.05) is 6.54 Å². The van der Waals surface area contributed by atoms with E-state index in [1.165, 1.54) is 0 Å². The van der Waals surface area contributed by atoms with E-state index in [0.29, 0.717) is 0 Å². The van der Waals surface area contributed by atoms with Gasteiger partial charge in [0.25, 0.3) is 0 Å². The van der Waals surface area contributed by atoms with E-state index in [-0.39, 0.29) is 25.0 Å². The zero-order valence-electron chi connectivity index (χ0n) is 12.1. The monoisotopic (exact) mass is 279 g/mol. The molecule has 0 bridgehead atoms. The fourth-order valence-electron chi connectivity index (χ4n) is 1.60. The Balaban J connectivity index is 2.51. The molecule has 0 saturated heterocycles. The van der Waals surface area contributed by atoms with E-state index in [0.717, 1.165) is 11.3 Å². The van der Waals surface area contributed by atoms with E-state index in [2.05, 4.69) is 5.32 Å². The van der Waals surface area contributed by atoms with E-state index in [9.17, 15) is 9.59 Å². The summed E-state index contributed by atoms with van der Waals surface area (Å²) in [6.07, 6.45) is 0.289. The first kappa shape index (κ1) is 16.0. The minimum Gasteiger partial charge on any atom is -0.491 e. The number of carboxylic acids is 1. The van der Waals surface area contributed by atoms with Crippen LogP contribution in [0.25, 0.3) is 0 Å². The van der Waals surface area contributed by atoms with Gasteiger partial charge in [-0.25, -0.2) is 0 Å². The number of aliphatic carboxylic acids is 1. The number of benzene rings is 1. The third kappa shape index (κ3) is 5.73. The number of carbonyl (C=O) groups is 2. The van der Waals surface area contributed by atoms with Gasteiger partial charge in [-0.1, -0.05) is 19.1 Å². The van der Waals surface area contributed by atoms with Gasteiger partial charge in [-0.05, 0) is 31.5 Å². The molecule has 2 N–H and O–H groups in total. The summed E-state index contributed by atoms with van der Waals surface area (Å²) in [6.45, 7) is 5.56. The molecule has 0 fully saturated rings. The summed E-state index contributed by atoms with van der Waals surface area (Å²) in [7, 11) is 0. The minimum atomic E-state index is -0.919. The van der Waals surface area contributed by atoms with Crippen LogP contribution in [0.1, 0.15) is 26.3 Å². The summed E-state index contributed by atoms with van der Waals surface area (Å²) >= 11 is 0. The number of hydrogen-bond acceptors (Lipinski definition) is 3. The summed E-state index contributed by atoms with van der Waals surface area (Å²) in [5.74, 6) is -0.976. The van der Waals surface area contributed by atoms with Gasteiger partial charge >= 0.3 is 5.97 Å². The van der Waals surface area contributed by atoms with Gasteiger partial charge in [0.2, 0.25) is 5.91 Å². The fraction of sp³-hybridized carbons (Fsp3) is 0.467. The van der Waals surface area contributed by atoms with Crippen LogP contribution in [0.2, 0.25) is 0 Å². The molecule has 0 heterocycles. The third-order valence-electron chi connectivity index (χ3n) is 2.66. The summed E-state index contributed by atoms with van der Waals surface area (Å²) < 4.78 is 5.56. The van der Waals surface area contributed by atoms with Crippen molar-refractivity contribution in [3.63, 3.8) is 0 Å². The van der Waals surface area contributed by atoms with E-state index in [1.807, 2.05) is 38.1 Å². The van der Waals surface area contributed by atoms with Crippen molar-refractivity contribution < 1.29 is 19.4 Å². The topological polar surface area (TPSA) is 75.6 Å². The molecule has 0 aliphatic carbocycles. The van der Waals surface area contributed by atoms with Crippen LogP contribution in [-0.2, 0) is 16.0 Å². The summed E-state index contributed by atoms with van der Waals surface area (Å²) in [5.41, 5.74) is 0.837. The standard InChI is InChI=1S/C15H21NO4/c1-10(2)20-13-6-4-5-12(7-13)8-14(17)16-9-11(3)15(18)19/h4-7,10-11H,8-9H2,1-3H3,(H,16,17)(H,18,19).